The van der Waals surface area contributed by atoms with Gasteiger partial charge in [-0.1, -0.05) is 17.3 Å². The van der Waals surface area contributed by atoms with Crippen LogP contribution >= 0.6 is 0 Å². The van der Waals surface area contributed by atoms with E-state index in [4.69, 9.17) is 9.26 Å². The first-order valence-electron chi connectivity index (χ1n) is 9.21. The van der Waals surface area contributed by atoms with Gasteiger partial charge >= 0.3 is 0 Å². The molecule has 0 radical (unpaired) electrons. The van der Waals surface area contributed by atoms with Crippen molar-refractivity contribution in [3.63, 3.8) is 0 Å². The van der Waals surface area contributed by atoms with Gasteiger partial charge in [-0.25, -0.2) is 0 Å². The van der Waals surface area contributed by atoms with Crippen molar-refractivity contribution in [3.8, 4) is 17.1 Å². The Balaban J connectivity index is 1.54. The Morgan fingerprint density at radius 2 is 1.97 bits per heavy atom. The summed E-state index contributed by atoms with van der Waals surface area (Å²) in [6.07, 6.45) is 1.85. The number of non-ortho nitro benzene ring substituents is 1. The third-order valence-corrected chi connectivity index (χ3v) is 4.84. The molecule has 8 heteroatoms. The molecule has 0 spiro atoms. The van der Waals surface area contributed by atoms with Gasteiger partial charge in [0.25, 0.3) is 11.6 Å². The molecule has 0 unspecified atom stereocenters. The third kappa shape index (κ3) is 3.96. The van der Waals surface area contributed by atoms with E-state index in [1.807, 2.05) is 24.3 Å². The molecule has 29 heavy (non-hydrogen) atoms. The van der Waals surface area contributed by atoms with E-state index in [0.29, 0.717) is 29.3 Å². The number of rotatable bonds is 7. The van der Waals surface area contributed by atoms with Crippen molar-refractivity contribution in [1.29, 1.82) is 0 Å². The molecule has 0 saturated heterocycles. The lowest BCUT2D eigenvalue weighted by Crippen LogP contribution is -2.32. The molecule has 0 bridgehead atoms. The lowest BCUT2D eigenvalue weighted by Gasteiger charge is -2.21. The standard InChI is InChI=1S/C21H19N3O5/c1-28-19-5-3-2-4-18(19)20-12-15(22-29-20)13-23(16-10-11-16)21(25)14-6-8-17(9-7-14)24(26)27/h2-9,12,16H,10-11,13H2,1H3. The Morgan fingerprint density at radius 1 is 1.24 bits per heavy atom. The molecule has 3 aromatic rings. The van der Waals surface area contributed by atoms with Crippen LogP contribution in [0.3, 0.4) is 0 Å². The minimum Gasteiger partial charge on any atom is -0.496 e. The first kappa shape index (κ1) is 18.7. The van der Waals surface area contributed by atoms with Crippen LogP contribution in [0.15, 0.2) is 59.1 Å². The van der Waals surface area contributed by atoms with Gasteiger partial charge in [0.15, 0.2) is 5.76 Å². The van der Waals surface area contributed by atoms with Crippen molar-refractivity contribution in [1.82, 2.24) is 10.1 Å². The number of carbonyl (C=O) groups excluding carboxylic acids is 1. The van der Waals surface area contributed by atoms with Gasteiger partial charge < -0.3 is 14.2 Å². The monoisotopic (exact) mass is 393 g/mol. The Morgan fingerprint density at radius 3 is 2.62 bits per heavy atom. The van der Waals surface area contributed by atoms with Crippen LogP contribution in [0.1, 0.15) is 28.9 Å². The lowest BCUT2D eigenvalue weighted by molar-refractivity contribution is -0.384. The quantitative estimate of drug-likeness (QED) is 0.443. The molecule has 148 valence electrons. The summed E-state index contributed by atoms with van der Waals surface area (Å²) in [5.41, 5.74) is 1.79. The molecule has 1 aliphatic rings. The molecule has 1 aromatic heterocycles. The molecular weight excluding hydrogens is 374 g/mol. The second kappa shape index (κ2) is 7.75. The van der Waals surface area contributed by atoms with Gasteiger partial charge in [-0.15, -0.1) is 0 Å². The average Bonchev–Trinajstić information content (AvgIpc) is 3.49. The fourth-order valence-electron chi connectivity index (χ4n) is 3.18. The van der Waals surface area contributed by atoms with Crippen LogP contribution in [-0.2, 0) is 6.54 Å². The summed E-state index contributed by atoms with van der Waals surface area (Å²) >= 11 is 0. The summed E-state index contributed by atoms with van der Waals surface area (Å²) in [6, 6.07) is 15.1. The summed E-state index contributed by atoms with van der Waals surface area (Å²) in [7, 11) is 1.59. The van der Waals surface area contributed by atoms with Crippen molar-refractivity contribution in [2.24, 2.45) is 0 Å². The fraction of sp³-hybridized carbons (Fsp3) is 0.238. The number of benzene rings is 2. The number of hydrogen-bond donors (Lipinski definition) is 0. The van der Waals surface area contributed by atoms with E-state index in [1.165, 1.54) is 24.3 Å². The molecule has 1 amide bonds. The van der Waals surface area contributed by atoms with Crippen molar-refractivity contribution < 1.29 is 19.0 Å². The zero-order chi connectivity index (χ0) is 20.4. The summed E-state index contributed by atoms with van der Waals surface area (Å²) in [4.78, 5) is 25.0. The molecule has 1 heterocycles. The average molecular weight is 393 g/mol. The highest BCUT2D eigenvalue weighted by molar-refractivity contribution is 5.94. The molecule has 0 aliphatic heterocycles. The number of nitrogens with zero attached hydrogens (tertiary/aromatic N) is 3. The Hall–Kier alpha value is -3.68. The molecule has 8 nitrogen and oxygen atoms in total. The van der Waals surface area contributed by atoms with Crippen LogP contribution < -0.4 is 4.74 Å². The van der Waals surface area contributed by atoms with Crippen molar-refractivity contribution in [3.05, 3.63) is 76.0 Å². The van der Waals surface area contributed by atoms with E-state index < -0.39 is 4.92 Å². The first-order chi connectivity index (χ1) is 14.1. The zero-order valence-electron chi connectivity index (χ0n) is 15.8. The maximum absolute atomic E-state index is 13.0. The largest absolute Gasteiger partial charge is 0.496 e. The van der Waals surface area contributed by atoms with Crippen LogP contribution in [0.4, 0.5) is 5.69 Å². The molecule has 0 N–H and O–H groups in total. The topological polar surface area (TPSA) is 98.7 Å². The summed E-state index contributed by atoms with van der Waals surface area (Å²) < 4.78 is 10.8. The van der Waals surface area contributed by atoms with Crippen molar-refractivity contribution in [2.45, 2.75) is 25.4 Å². The maximum atomic E-state index is 13.0. The van der Waals surface area contributed by atoms with Crippen LogP contribution in [-0.4, -0.2) is 34.0 Å². The van der Waals surface area contributed by atoms with Gasteiger partial charge in [-0.2, -0.15) is 0 Å². The molecule has 1 fully saturated rings. The Bertz CT molecular complexity index is 1040. The first-order valence-corrected chi connectivity index (χ1v) is 9.21. The molecular formula is C21H19N3O5. The lowest BCUT2D eigenvalue weighted by atomic mass is 10.1. The fourth-order valence-corrected chi connectivity index (χ4v) is 3.18. The van der Waals surface area contributed by atoms with E-state index >= 15 is 0 Å². The number of aromatic nitrogens is 1. The SMILES string of the molecule is COc1ccccc1-c1cc(CN(C(=O)c2ccc([N+](=O)[O-])cc2)C2CC2)no1. The third-order valence-electron chi connectivity index (χ3n) is 4.84. The van der Waals surface area contributed by atoms with E-state index in [2.05, 4.69) is 5.16 Å². The number of nitro groups is 1. The van der Waals surface area contributed by atoms with Gasteiger partial charge in [0, 0.05) is 29.8 Å². The van der Waals surface area contributed by atoms with E-state index in [1.54, 1.807) is 18.1 Å². The van der Waals surface area contributed by atoms with Gasteiger partial charge in [0.05, 0.1) is 24.1 Å². The highest BCUT2D eigenvalue weighted by atomic mass is 16.6. The second-order valence-electron chi connectivity index (χ2n) is 6.85. The highest BCUT2D eigenvalue weighted by Gasteiger charge is 2.34. The number of amides is 1. The maximum Gasteiger partial charge on any atom is 0.269 e. The number of ether oxygens (including phenoxy) is 1. The predicted molar refractivity (Wildman–Crippen MR) is 104 cm³/mol. The highest BCUT2D eigenvalue weighted by Crippen LogP contribution is 2.33. The van der Waals surface area contributed by atoms with Crippen molar-refractivity contribution >= 4 is 11.6 Å². The summed E-state index contributed by atoms with van der Waals surface area (Å²) in [6.45, 7) is 0.305. The molecule has 0 atom stereocenters. The Kier molecular flexibility index (Phi) is 4.99. The van der Waals surface area contributed by atoms with Crippen LogP contribution in [0.2, 0.25) is 0 Å². The van der Waals surface area contributed by atoms with Gasteiger partial charge in [-0.05, 0) is 37.1 Å². The van der Waals surface area contributed by atoms with E-state index in [0.717, 1.165) is 18.4 Å². The minimum absolute atomic E-state index is 0.0440. The molecule has 1 saturated carbocycles. The van der Waals surface area contributed by atoms with E-state index in [9.17, 15) is 14.9 Å². The van der Waals surface area contributed by atoms with Crippen LogP contribution in [0.5, 0.6) is 5.75 Å². The van der Waals surface area contributed by atoms with Crippen molar-refractivity contribution in [2.75, 3.05) is 7.11 Å². The summed E-state index contributed by atoms with van der Waals surface area (Å²) in [5, 5.41) is 14.9. The normalized spacial score (nSPS) is 13.1. The molecule has 2 aromatic carbocycles. The van der Waals surface area contributed by atoms with Gasteiger partial charge in [0.2, 0.25) is 0 Å². The number of para-hydroxylation sites is 1. The predicted octanol–water partition coefficient (Wildman–Crippen LogP) is 4.06. The molecule has 4 rings (SSSR count). The number of hydrogen-bond acceptors (Lipinski definition) is 6. The number of nitro benzene ring substituents is 1. The number of carbonyl (C=O) groups is 1. The zero-order valence-corrected chi connectivity index (χ0v) is 15.8. The van der Waals surface area contributed by atoms with Gasteiger partial charge in [0.1, 0.15) is 11.4 Å². The van der Waals surface area contributed by atoms with E-state index in [-0.39, 0.29) is 17.6 Å². The van der Waals surface area contributed by atoms with Gasteiger partial charge in [-0.3, -0.25) is 14.9 Å². The minimum atomic E-state index is -0.484. The second-order valence-corrected chi connectivity index (χ2v) is 6.85. The number of methoxy groups -OCH3 is 1. The summed E-state index contributed by atoms with van der Waals surface area (Å²) in [5.74, 6) is 1.07. The van der Waals surface area contributed by atoms with Crippen LogP contribution in [0.25, 0.3) is 11.3 Å². The Labute approximate surface area is 166 Å². The smallest absolute Gasteiger partial charge is 0.269 e. The molecule has 1 aliphatic carbocycles. The van der Waals surface area contributed by atoms with Crippen LogP contribution in [0, 0.1) is 10.1 Å².